The number of aliphatic hydroxyl groups is 1. The van der Waals surface area contributed by atoms with E-state index < -0.39 is 11.6 Å². The molecule has 2 aliphatic rings. The van der Waals surface area contributed by atoms with Crippen molar-refractivity contribution in [1.29, 1.82) is 0 Å². The first-order valence-electron chi connectivity index (χ1n) is 8.71. The molecule has 1 aliphatic carbocycles. The molecule has 1 saturated heterocycles. The van der Waals surface area contributed by atoms with Gasteiger partial charge in [-0.25, -0.2) is 4.79 Å². The van der Waals surface area contributed by atoms with Crippen LogP contribution in [-0.2, 0) is 15.1 Å². The molecule has 4 nitrogen and oxygen atoms in total. The molecule has 3 rings (SSSR count). The lowest BCUT2D eigenvalue weighted by Crippen LogP contribution is -2.52. The highest BCUT2D eigenvalue weighted by atomic mass is 32.1. The molecule has 24 heavy (non-hydrogen) atoms. The first kappa shape index (κ1) is 19.4. The van der Waals surface area contributed by atoms with Crippen LogP contribution in [0, 0.1) is 5.92 Å². The van der Waals surface area contributed by atoms with Crippen molar-refractivity contribution in [3.05, 3.63) is 22.4 Å². The van der Waals surface area contributed by atoms with Crippen molar-refractivity contribution in [3.8, 4) is 0 Å². The van der Waals surface area contributed by atoms with E-state index in [1.165, 1.54) is 11.3 Å². The molecule has 0 spiro atoms. The smallest absolute Gasteiger partial charge is 0.344 e. The van der Waals surface area contributed by atoms with Crippen molar-refractivity contribution in [1.82, 2.24) is 0 Å². The largest absolute Gasteiger partial charge is 0.454 e. The minimum atomic E-state index is -1.46. The number of piperidine rings is 1. The second kappa shape index (κ2) is 7.54. The van der Waals surface area contributed by atoms with Gasteiger partial charge >= 0.3 is 5.97 Å². The Balaban J connectivity index is 0.00000208. The predicted molar refractivity (Wildman–Crippen MR) is 97.9 cm³/mol. The molecule has 2 fully saturated rings. The van der Waals surface area contributed by atoms with Gasteiger partial charge in [0.25, 0.3) is 0 Å². The summed E-state index contributed by atoms with van der Waals surface area (Å²) in [4.78, 5) is 13.7. The Morgan fingerprint density at radius 1 is 1.29 bits per heavy atom. The number of hydrogen-bond donors (Lipinski definition) is 1. The quantitative estimate of drug-likeness (QED) is 0.664. The Morgan fingerprint density at radius 3 is 2.58 bits per heavy atom. The van der Waals surface area contributed by atoms with E-state index in [0.717, 1.165) is 61.0 Å². The Labute approximate surface area is 150 Å². The number of carbonyl (C=O) groups is 1. The normalized spacial score (nSPS) is 26.4. The Bertz CT molecular complexity index is 537. The highest BCUT2D eigenvalue weighted by molar-refractivity contribution is 7.10. The second-order valence-corrected chi connectivity index (χ2v) is 8.68. The number of likely N-dealkylation sites (tertiary alicyclic amines) is 1. The second-order valence-electron chi connectivity index (χ2n) is 7.74. The molecule has 1 N–H and O–H groups in total. The summed E-state index contributed by atoms with van der Waals surface area (Å²) >= 11 is 1.45. The van der Waals surface area contributed by atoms with Crippen molar-refractivity contribution in [2.45, 2.75) is 57.7 Å². The lowest BCUT2D eigenvalue weighted by Gasteiger charge is -2.39. The fourth-order valence-corrected chi connectivity index (χ4v) is 5.02. The van der Waals surface area contributed by atoms with E-state index in [1.54, 1.807) is 0 Å². The van der Waals surface area contributed by atoms with Crippen molar-refractivity contribution in [2.75, 3.05) is 27.2 Å². The number of carbonyl (C=O) groups excluding carboxylic acids is 1. The van der Waals surface area contributed by atoms with E-state index in [1.807, 2.05) is 17.5 Å². The molecule has 2 heterocycles. The molecule has 0 bridgehead atoms. The van der Waals surface area contributed by atoms with Gasteiger partial charge in [-0.15, -0.1) is 11.3 Å². The van der Waals surface area contributed by atoms with Crippen LogP contribution in [0.5, 0.6) is 0 Å². The lowest BCUT2D eigenvalue weighted by atomic mass is 9.84. The van der Waals surface area contributed by atoms with Crippen LogP contribution in [0.4, 0.5) is 0 Å². The maximum absolute atomic E-state index is 13.0. The van der Waals surface area contributed by atoms with Crippen molar-refractivity contribution in [2.24, 2.45) is 5.92 Å². The number of thiophene rings is 1. The number of nitrogens with zero attached hydrogens (tertiary/aromatic N) is 1. The minimum Gasteiger partial charge on any atom is -0.454 e. The summed E-state index contributed by atoms with van der Waals surface area (Å²) in [6.07, 6.45) is 5.84. The molecule has 1 saturated carbocycles. The van der Waals surface area contributed by atoms with Gasteiger partial charge in [0.1, 0.15) is 6.54 Å². The molecule has 1 aliphatic heterocycles. The lowest BCUT2D eigenvalue weighted by molar-refractivity contribution is -0.898. The SMILES string of the molecule is C.C[N+]1(C)CCCC(OC(=O)C(O)(c2cccs2)C2CCCC2)C1. The predicted octanol–water partition coefficient (Wildman–Crippen LogP) is 3.54. The van der Waals surface area contributed by atoms with E-state index in [4.69, 9.17) is 4.74 Å². The van der Waals surface area contributed by atoms with E-state index in [-0.39, 0.29) is 19.4 Å². The highest BCUT2D eigenvalue weighted by Crippen LogP contribution is 2.43. The standard InChI is InChI=1S/C18H28NO3S.CH4/c1-19(2)11-5-9-15(13-19)22-17(20)18(21,14-7-3-4-8-14)16-10-6-12-23-16;/h6,10,12,14-15,21H,3-5,7-9,11,13H2,1-2H3;1H4/q+1;. The molecule has 1 aromatic heterocycles. The monoisotopic (exact) mass is 354 g/mol. The van der Waals surface area contributed by atoms with Gasteiger partial charge in [0.05, 0.1) is 20.6 Å². The van der Waals surface area contributed by atoms with Crippen LogP contribution in [0.1, 0.15) is 50.8 Å². The zero-order valence-corrected chi connectivity index (χ0v) is 15.0. The number of quaternary nitrogens is 1. The van der Waals surface area contributed by atoms with Gasteiger partial charge in [-0.3, -0.25) is 0 Å². The zero-order valence-electron chi connectivity index (χ0n) is 14.2. The van der Waals surface area contributed by atoms with E-state index in [0.29, 0.717) is 0 Å². The summed E-state index contributed by atoms with van der Waals surface area (Å²) in [5.41, 5.74) is -1.46. The first-order valence-corrected chi connectivity index (χ1v) is 9.59. The van der Waals surface area contributed by atoms with Gasteiger partial charge in [-0.1, -0.05) is 26.3 Å². The Hall–Kier alpha value is -0.910. The van der Waals surface area contributed by atoms with Crippen molar-refractivity contribution in [3.63, 3.8) is 0 Å². The molecule has 5 heteroatoms. The molecular weight excluding hydrogens is 322 g/mol. The molecule has 2 atom stereocenters. The zero-order chi connectivity index (χ0) is 16.5. The average molecular weight is 355 g/mol. The van der Waals surface area contributed by atoms with Gasteiger partial charge < -0.3 is 14.3 Å². The number of hydrogen-bond acceptors (Lipinski definition) is 4. The minimum absolute atomic E-state index is 0. The fourth-order valence-electron chi connectivity index (χ4n) is 4.13. The number of rotatable bonds is 4. The van der Waals surface area contributed by atoms with Crippen molar-refractivity contribution >= 4 is 17.3 Å². The third kappa shape index (κ3) is 3.84. The summed E-state index contributed by atoms with van der Waals surface area (Å²) in [7, 11) is 4.34. The molecule has 0 amide bonds. The van der Waals surface area contributed by atoms with Crippen LogP contribution < -0.4 is 0 Å². The van der Waals surface area contributed by atoms with Crippen LogP contribution in [0.2, 0.25) is 0 Å². The topological polar surface area (TPSA) is 46.5 Å². The van der Waals surface area contributed by atoms with E-state index >= 15 is 0 Å². The Kier molecular flexibility index (Phi) is 6.10. The van der Waals surface area contributed by atoms with Crippen LogP contribution in [0.25, 0.3) is 0 Å². The third-order valence-electron chi connectivity index (χ3n) is 5.42. The summed E-state index contributed by atoms with van der Waals surface area (Å²) in [5, 5.41) is 13.3. The van der Waals surface area contributed by atoms with Crippen LogP contribution >= 0.6 is 11.3 Å². The Morgan fingerprint density at radius 2 is 2.00 bits per heavy atom. The van der Waals surface area contributed by atoms with Gasteiger partial charge in [0.15, 0.2) is 11.7 Å². The summed E-state index contributed by atoms with van der Waals surface area (Å²) < 4.78 is 6.70. The summed E-state index contributed by atoms with van der Waals surface area (Å²) in [5.74, 6) is -0.446. The molecule has 0 aromatic carbocycles. The van der Waals surface area contributed by atoms with E-state index in [9.17, 15) is 9.90 Å². The molecule has 136 valence electrons. The van der Waals surface area contributed by atoms with Gasteiger partial charge in [-0.2, -0.15) is 0 Å². The highest BCUT2D eigenvalue weighted by Gasteiger charge is 2.49. The molecular formula is C19H32NO3S+. The number of esters is 1. The number of ether oxygens (including phenoxy) is 1. The maximum Gasteiger partial charge on any atom is 0.344 e. The summed E-state index contributed by atoms with van der Waals surface area (Å²) in [6.45, 7) is 1.95. The third-order valence-corrected chi connectivity index (χ3v) is 6.41. The summed E-state index contributed by atoms with van der Waals surface area (Å²) in [6, 6.07) is 3.76. The first-order chi connectivity index (χ1) is 10.9. The van der Waals surface area contributed by atoms with Gasteiger partial charge in [0.2, 0.25) is 0 Å². The van der Waals surface area contributed by atoms with E-state index in [2.05, 4.69) is 14.1 Å². The molecule has 2 unspecified atom stereocenters. The van der Waals surface area contributed by atoms with Crippen LogP contribution in [-0.4, -0.2) is 48.8 Å². The number of likely N-dealkylation sites (N-methyl/N-ethyl adjacent to an activating group) is 1. The van der Waals surface area contributed by atoms with Crippen molar-refractivity contribution < 1.29 is 19.1 Å². The van der Waals surface area contributed by atoms with Gasteiger partial charge in [-0.05, 0) is 30.7 Å². The van der Waals surface area contributed by atoms with Crippen LogP contribution in [0.15, 0.2) is 17.5 Å². The van der Waals surface area contributed by atoms with Crippen LogP contribution in [0.3, 0.4) is 0 Å². The maximum atomic E-state index is 13.0. The molecule has 1 aromatic rings. The van der Waals surface area contributed by atoms with Gasteiger partial charge in [0, 0.05) is 17.2 Å². The molecule has 0 radical (unpaired) electrons. The fraction of sp³-hybridized carbons (Fsp3) is 0.737. The average Bonchev–Trinajstić information content (AvgIpc) is 3.19.